The number of aryl methyl sites for hydroxylation is 2. The lowest BCUT2D eigenvalue weighted by atomic mass is 10.1. The van der Waals surface area contributed by atoms with Crippen LogP contribution in [-0.2, 0) is 10.1 Å². The number of carbonyl (C=O) groups excluding carboxylic acids is 1. The van der Waals surface area contributed by atoms with Crippen molar-refractivity contribution in [2.45, 2.75) is 18.7 Å². The van der Waals surface area contributed by atoms with E-state index in [-0.39, 0.29) is 10.6 Å². The van der Waals surface area contributed by atoms with Crippen LogP contribution in [0.4, 0.5) is 0 Å². The molecular formula is C15H11I3O5S. The van der Waals surface area contributed by atoms with Gasteiger partial charge >= 0.3 is 5.97 Å². The molecule has 0 aliphatic carbocycles. The normalized spacial score (nSPS) is 11.4. The molecule has 0 fully saturated rings. The summed E-state index contributed by atoms with van der Waals surface area (Å²) < 4.78 is 40.0. The van der Waals surface area contributed by atoms with Crippen LogP contribution in [-0.4, -0.2) is 18.9 Å². The van der Waals surface area contributed by atoms with Gasteiger partial charge in [0.1, 0.15) is 5.75 Å². The molecule has 2 rings (SSSR count). The predicted octanol–water partition coefficient (Wildman–Crippen LogP) is 4.58. The fourth-order valence-electron chi connectivity index (χ4n) is 2.01. The first-order valence-electron chi connectivity index (χ1n) is 6.46. The van der Waals surface area contributed by atoms with Crippen LogP contribution >= 0.6 is 67.8 Å². The van der Waals surface area contributed by atoms with E-state index >= 15 is 0 Å². The van der Waals surface area contributed by atoms with Gasteiger partial charge in [0.15, 0.2) is 0 Å². The van der Waals surface area contributed by atoms with Gasteiger partial charge in [0.25, 0.3) is 10.1 Å². The van der Waals surface area contributed by atoms with Crippen molar-refractivity contribution in [3.8, 4) is 5.75 Å². The van der Waals surface area contributed by atoms with Gasteiger partial charge in [0, 0.05) is 10.7 Å². The maximum absolute atomic E-state index is 12.5. The molecule has 128 valence electrons. The van der Waals surface area contributed by atoms with Gasteiger partial charge < -0.3 is 4.74 Å². The Balaban J connectivity index is 2.42. The topological polar surface area (TPSA) is 80.7 Å². The fraction of sp³-hybridized carbons (Fsp3) is 0.133. The smallest absolute Gasteiger partial charge is 0.344 e. The number of benzene rings is 2. The van der Waals surface area contributed by atoms with Gasteiger partial charge in [-0.2, -0.15) is 8.42 Å². The highest BCUT2D eigenvalue weighted by Gasteiger charge is 2.20. The number of hydrogen-bond acceptors (Lipinski definition) is 4. The molecule has 24 heavy (non-hydrogen) atoms. The molecule has 0 spiro atoms. The van der Waals surface area contributed by atoms with E-state index in [9.17, 15) is 17.8 Å². The summed E-state index contributed by atoms with van der Waals surface area (Å²) in [6.07, 6.45) is 0. The van der Waals surface area contributed by atoms with Crippen molar-refractivity contribution in [2.24, 2.45) is 0 Å². The molecule has 0 heterocycles. The molecule has 0 aromatic heterocycles. The summed E-state index contributed by atoms with van der Waals surface area (Å²) in [7, 11) is -4.32. The van der Waals surface area contributed by atoms with Gasteiger partial charge in [-0.1, -0.05) is 0 Å². The zero-order valence-corrected chi connectivity index (χ0v) is 19.7. The first kappa shape index (κ1) is 20.3. The highest BCUT2D eigenvalue weighted by Crippen LogP contribution is 2.28. The third-order valence-electron chi connectivity index (χ3n) is 3.17. The molecule has 0 saturated carbocycles. The Morgan fingerprint density at radius 3 is 2.25 bits per heavy atom. The van der Waals surface area contributed by atoms with E-state index in [0.29, 0.717) is 16.7 Å². The molecule has 0 bridgehead atoms. The van der Waals surface area contributed by atoms with Gasteiger partial charge in [0.2, 0.25) is 0 Å². The van der Waals surface area contributed by atoms with Crippen LogP contribution in [0.15, 0.2) is 29.2 Å². The number of carbonyl (C=O) groups is 1. The van der Waals surface area contributed by atoms with Gasteiger partial charge in [0.05, 0.1) is 10.5 Å². The average molecular weight is 684 g/mol. The lowest BCUT2D eigenvalue weighted by molar-refractivity contribution is 0.0732. The Morgan fingerprint density at radius 1 is 1.04 bits per heavy atom. The molecule has 0 saturated heterocycles. The second-order valence-corrected chi connectivity index (χ2v) is 9.87. The first-order valence-corrected chi connectivity index (χ1v) is 11.1. The highest BCUT2D eigenvalue weighted by atomic mass is 127. The Bertz CT molecular complexity index is 939. The summed E-state index contributed by atoms with van der Waals surface area (Å²) in [4.78, 5) is 12.3. The fourth-order valence-corrected chi connectivity index (χ4v) is 5.18. The number of ether oxygens (including phenoxy) is 1. The molecule has 2 aromatic carbocycles. The second kappa shape index (κ2) is 7.72. The van der Waals surface area contributed by atoms with Gasteiger partial charge in [-0.15, -0.1) is 0 Å². The van der Waals surface area contributed by atoms with Crippen molar-refractivity contribution < 1.29 is 22.5 Å². The molecule has 0 radical (unpaired) electrons. The minimum absolute atomic E-state index is 0.196. The lowest BCUT2D eigenvalue weighted by Crippen LogP contribution is -2.13. The zero-order valence-electron chi connectivity index (χ0n) is 12.4. The van der Waals surface area contributed by atoms with Crippen molar-refractivity contribution in [1.82, 2.24) is 0 Å². The van der Waals surface area contributed by atoms with Crippen molar-refractivity contribution in [3.63, 3.8) is 0 Å². The Morgan fingerprint density at radius 2 is 1.67 bits per heavy atom. The van der Waals surface area contributed by atoms with Gasteiger partial charge in [-0.05, 0) is 117 Å². The van der Waals surface area contributed by atoms with Crippen molar-refractivity contribution in [1.29, 1.82) is 0 Å². The summed E-state index contributed by atoms with van der Waals surface area (Å²) in [5.74, 6) is -0.257. The molecule has 5 nitrogen and oxygen atoms in total. The number of halogens is 3. The molecule has 0 atom stereocenters. The maximum atomic E-state index is 12.5. The van der Waals surface area contributed by atoms with E-state index in [1.165, 1.54) is 19.1 Å². The monoisotopic (exact) mass is 684 g/mol. The molecule has 0 aliphatic heterocycles. The molecule has 0 amide bonds. The Hall–Kier alpha value is 0.0100. The molecular weight excluding hydrogens is 673 g/mol. The number of hydrogen-bond donors (Lipinski definition) is 1. The van der Waals surface area contributed by atoms with Crippen LogP contribution in [0.1, 0.15) is 21.5 Å². The van der Waals surface area contributed by atoms with Crippen LogP contribution in [0, 0.1) is 24.6 Å². The molecule has 1 N–H and O–H groups in total. The van der Waals surface area contributed by atoms with Crippen molar-refractivity contribution in [3.05, 3.63) is 51.7 Å². The van der Waals surface area contributed by atoms with Crippen LogP contribution in [0.2, 0.25) is 0 Å². The summed E-state index contributed by atoms with van der Waals surface area (Å²) in [6, 6.07) is 6.41. The number of esters is 1. The summed E-state index contributed by atoms with van der Waals surface area (Å²) >= 11 is 6.36. The van der Waals surface area contributed by atoms with Gasteiger partial charge in [-0.3, -0.25) is 4.55 Å². The predicted molar refractivity (Wildman–Crippen MR) is 115 cm³/mol. The molecule has 9 heteroatoms. The first-order chi connectivity index (χ1) is 11.0. The zero-order chi connectivity index (χ0) is 18.2. The average Bonchev–Trinajstić information content (AvgIpc) is 2.45. The van der Waals surface area contributed by atoms with E-state index in [2.05, 4.69) is 67.8 Å². The minimum atomic E-state index is -4.32. The minimum Gasteiger partial charge on any atom is -0.423 e. The van der Waals surface area contributed by atoms with Crippen LogP contribution in [0.25, 0.3) is 0 Å². The van der Waals surface area contributed by atoms with Crippen LogP contribution in [0.5, 0.6) is 5.75 Å². The summed E-state index contributed by atoms with van der Waals surface area (Å²) in [5.41, 5.74) is 1.19. The highest BCUT2D eigenvalue weighted by molar-refractivity contribution is 14.1. The molecule has 0 unspecified atom stereocenters. The Labute approximate surface area is 180 Å². The summed E-state index contributed by atoms with van der Waals surface area (Å²) in [6.45, 7) is 3.14. The van der Waals surface area contributed by atoms with E-state index in [4.69, 9.17) is 4.74 Å². The van der Waals surface area contributed by atoms with E-state index < -0.39 is 16.1 Å². The Kier molecular flexibility index (Phi) is 6.53. The summed E-state index contributed by atoms with van der Waals surface area (Å²) in [5, 5.41) is 0. The number of rotatable bonds is 3. The largest absolute Gasteiger partial charge is 0.423 e. The molecule has 2 aromatic rings. The second-order valence-electron chi connectivity index (χ2n) is 5.00. The van der Waals surface area contributed by atoms with E-state index in [0.717, 1.165) is 10.7 Å². The standard InChI is InChI=1S/C15H11I3O5S/c1-7-4-13(24(20,21)22)8(2)3-12(7)23-15(19)10-5-9(16)6-11(17)14(10)18/h3-6H,1-2H3,(H,20,21,22). The maximum Gasteiger partial charge on any atom is 0.344 e. The van der Waals surface area contributed by atoms with Crippen LogP contribution < -0.4 is 4.74 Å². The molecule has 0 aliphatic rings. The van der Waals surface area contributed by atoms with Crippen molar-refractivity contribution >= 4 is 83.9 Å². The van der Waals surface area contributed by atoms with E-state index in [1.807, 2.05) is 6.07 Å². The third-order valence-corrected chi connectivity index (χ3v) is 7.83. The van der Waals surface area contributed by atoms with Crippen molar-refractivity contribution in [2.75, 3.05) is 0 Å². The quantitative estimate of drug-likeness (QED) is 0.169. The third kappa shape index (κ3) is 4.59. The lowest BCUT2D eigenvalue weighted by Gasteiger charge is -2.12. The van der Waals surface area contributed by atoms with Crippen LogP contribution in [0.3, 0.4) is 0 Å². The SMILES string of the molecule is Cc1cc(S(=O)(=O)O)c(C)cc1OC(=O)c1cc(I)cc(I)c1I. The van der Waals surface area contributed by atoms with E-state index in [1.54, 1.807) is 13.0 Å². The van der Waals surface area contributed by atoms with Gasteiger partial charge in [-0.25, -0.2) is 4.79 Å².